The molecule has 1 unspecified atom stereocenters. The first kappa shape index (κ1) is 29.7. The first-order valence-corrected chi connectivity index (χ1v) is 7.21. The summed E-state index contributed by atoms with van der Waals surface area (Å²) in [4.78, 5) is 0. The van der Waals surface area contributed by atoms with Crippen LogP contribution in [0.3, 0.4) is 0 Å². The molecule has 0 aliphatic carbocycles. The summed E-state index contributed by atoms with van der Waals surface area (Å²) in [6.07, 6.45) is -14.7. The van der Waals surface area contributed by atoms with Gasteiger partial charge in [0.1, 0.15) is 0 Å². The molecule has 0 aliphatic rings. The predicted octanol–water partition coefficient (Wildman–Crippen LogP) is 5.13. The van der Waals surface area contributed by atoms with Crippen LogP contribution in [0.4, 0.5) is 74.6 Å². The highest BCUT2D eigenvalue weighted by Crippen LogP contribution is 2.64. The second kappa shape index (κ2) is 7.95. The highest BCUT2D eigenvalue weighted by atomic mass is 19.4. The number of aliphatic hydroxyl groups is 2. The van der Waals surface area contributed by atoms with Gasteiger partial charge in [-0.25, -0.2) is 0 Å². The summed E-state index contributed by atoms with van der Waals surface area (Å²) in [5, 5.41) is 16.9. The van der Waals surface area contributed by atoms with Gasteiger partial charge in [0.25, 0.3) is 0 Å². The standard InChI is InChI=1S/C12H9F17O2/c13-5(14,2-1-4(31)3-30)6(15,16)7(17,18)8(19,20)9(21,22)10(23,24)11(25,26)12(27,28)29/h4,30-31H,1-3H2. The van der Waals surface area contributed by atoms with E-state index in [1.54, 1.807) is 0 Å². The van der Waals surface area contributed by atoms with Gasteiger partial charge in [0, 0.05) is 6.42 Å². The minimum Gasteiger partial charge on any atom is -0.394 e. The van der Waals surface area contributed by atoms with E-state index in [0.29, 0.717) is 0 Å². The molecule has 2 N–H and O–H groups in total. The zero-order valence-electron chi connectivity index (χ0n) is 14.0. The zero-order valence-corrected chi connectivity index (χ0v) is 14.0. The molecule has 0 aromatic carbocycles. The van der Waals surface area contributed by atoms with Crippen LogP contribution in [0.1, 0.15) is 12.8 Å². The van der Waals surface area contributed by atoms with Crippen molar-refractivity contribution < 1.29 is 84.9 Å². The third kappa shape index (κ3) is 4.22. The van der Waals surface area contributed by atoms with Crippen molar-refractivity contribution in [1.29, 1.82) is 0 Å². The number of hydrogen-bond acceptors (Lipinski definition) is 2. The van der Waals surface area contributed by atoms with Crippen LogP contribution in [0.5, 0.6) is 0 Å². The molecule has 0 rings (SSSR count). The number of alkyl halides is 17. The Balaban J connectivity index is 6.50. The summed E-state index contributed by atoms with van der Waals surface area (Å²) in [5.41, 5.74) is 0. The predicted molar refractivity (Wildman–Crippen MR) is 63.0 cm³/mol. The molecule has 0 amide bonds. The van der Waals surface area contributed by atoms with Gasteiger partial charge in [0.2, 0.25) is 0 Å². The minimum absolute atomic E-state index is 1.48. The topological polar surface area (TPSA) is 40.5 Å². The van der Waals surface area contributed by atoms with Crippen LogP contribution in [0.25, 0.3) is 0 Å². The molecule has 0 aliphatic heterocycles. The van der Waals surface area contributed by atoms with E-state index in [1.807, 2.05) is 0 Å². The van der Waals surface area contributed by atoms with Crippen LogP contribution >= 0.6 is 0 Å². The molecular weight excluding hydrogens is 499 g/mol. The fraction of sp³-hybridized carbons (Fsp3) is 1.00. The van der Waals surface area contributed by atoms with Crippen molar-refractivity contribution >= 4 is 0 Å². The molecule has 31 heavy (non-hydrogen) atoms. The molecule has 188 valence electrons. The SMILES string of the molecule is OCC(O)CCC(F)(F)C(F)(F)C(F)(F)C(F)(F)C(F)(F)C(F)(F)C(F)(F)C(F)(F)F. The van der Waals surface area contributed by atoms with E-state index in [1.165, 1.54) is 0 Å². The highest BCUT2D eigenvalue weighted by molar-refractivity contribution is 5.15. The fourth-order valence-electron chi connectivity index (χ4n) is 1.79. The maximum absolute atomic E-state index is 13.4. The molecule has 0 saturated heterocycles. The van der Waals surface area contributed by atoms with E-state index in [9.17, 15) is 74.6 Å². The molecule has 0 saturated carbocycles. The molecule has 0 heterocycles. The Morgan fingerprint density at radius 1 is 0.484 bits per heavy atom. The van der Waals surface area contributed by atoms with Crippen LogP contribution in [-0.2, 0) is 0 Å². The quantitative estimate of drug-likeness (QED) is 0.402. The lowest BCUT2D eigenvalue weighted by Gasteiger charge is -2.42. The maximum atomic E-state index is 13.4. The van der Waals surface area contributed by atoms with Gasteiger partial charge in [-0.05, 0) is 6.42 Å². The van der Waals surface area contributed by atoms with Crippen LogP contribution in [0.2, 0.25) is 0 Å². The van der Waals surface area contributed by atoms with Gasteiger partial charge in [-0.15, -0.1) is 0 Å². The molecule has 2 nitrogen and oxygen atoms in total. The summed E-state index contributed by atoms with van der Waals surface area (Å²) in [6.45, 7) is -1.48. The first-order valence-electron chi connectivity index (χ1n) is 7.21. The second-order valence-electron chi connectivity index (χ2n) is 6.02. The number of hydrogen-bond donors (Lipinski definition) is 2. The van der Waals surface area contributed by atoms with Crippen molar-refractivity contribution in [2.75, 3.05) is 6.61 Å². The Kier molecular flexibility index (Phi) is 7.62. The average Bonchev–Trinajstić information content (AvgIpc) is 2.57. The molecule has 0 spiro atoms. The average molecular weight is 508 g/mol. The van der Waals surface area contributed by atoms with Crippen molar-refractivity contribution in [2.24, 2.45) is 0 Å². The van der Waals surface area contributed by atoms with Gasteiger partial charge in [0.05, 0.1) is 12.7 Å². The smallest absolute Gasteiger partial charge is 0.394 e. The lowest BCUT2D eigenvalue weighted by atomic mass is 9.87. The van der Waals surface area contributed by atoms with Crippen LogP contribution in [0.15, 0.2) is 0 Å². The Hall–Kier alpha value is -1.27. The highest BCUT2D eigenvalue weighted by Gasteiger charge is 2.95. The van der Waals surface area contributed by atoms with Crippen molar-refractivity contribution in [3.8, 4) is 0 Å². The monoisotopic (exact) mass is 508 g/mol. The molecule has 0 radical (unpaired) electrons. The molecular formula is C12H9F17O2. The Morgan fingerprint density at radius 2 is 0.774 bits per heavy atom. The zero-order chi connectivity index (χ0) is 25.7. The molecule has 0 aromatic heterocycles. The van der Waals surface area contributed by atoms with Gasteiger partial charge >= 0.3 is 47.6 Å². The minimum atomic E-state index is -8.66. The molecule has 0 fully saturated rings. The summed E-state index contributed by atoms with van der Waals surface area (Å²) in [5.74, 6) is -56.6. The van der Waals surface area contributed by atoms with Crippen molar-refractivity contribution in [1.82, 2.24) is 0 Å². The van der Waals surface area contributed by atoms with Gasteiger partial charge in [-0.2, -0.15) is 74.6 Å². The maximum Gasteiger partial charge on any atom is 0.460 e. The van der Waals surface area contributed by atoms with Crippen LogP contribution < -0.4 is 0 Å². The van der Waals surface area contributed by atoms with Crippen molar-refractivity contribution in [3.05, 3.63) is 0 Å². The Labute approximate surface area is 159 Å². The molecule has 0 bridgehead atoms. The normalized spacial score (nSPS) is 17.1. The lowest BCUT2D eigenvalue weighted by Crippen LogP contribution is -2.74. The summed E-state index contributed by atoms with van der Waals surface area (Å²) in [6, 6.07) is 0. The van der Waals surface area contributed by atoms with E-state index in [2.05, 4.69) is 0 Å². The largest absolute Gasteiger partial charge is 0.460 e. The van der Waals surface area contributed by atoms with E-state index >= 15 is 0 Å². The number of rotatable bonds is 10. The lowest BCUT2D eigenvalue weighted by molar-refractivity contribution is -0.461. The van der Waals surface area contributed by atoms with Crippen molar-refractivity contribution in [2.45, 2.75) is 66.6 Å². The summed E-state index contributed by atoms with van der Waals surface area (Å²) >= 11 is 0. The first-order chi connectivity index (χ1) is 13.2. The number of halogens is 17. The summed E-state index contributed by atoms with van der Waals surface area (Å²) < 4.78 is 220. The third-order valence-electron chi connectivity index (χ3n) is 3.79. The van der Waals surface area contributed by atoms with Crippen LogP contribution in [-0.4, -0.2) is 70.6 Å². The van der Waals surface area contributed by atoms with Gasteiger partial charge < -0.3 is 10.2 Å². The van der Waals surface area contributed by atoms with E-state index < -0.39 is 73.2 Å². The summed E-state index contributed by atoms with van der Waals surface area (Å²) in [7, 11) is 0. The van der Waals surface area contributed by atoms with E-state index in [0.717, 1.165) is 0 Å². The van der Waals surface area contributed by atoms with E-state index in [4.69, 9.17) is 10.2 Å². The third-order valence-corrected chi connectivity index (χ3v) is 3.79. The molecule has 19 heteroatoms. The second-order valence-corrected chi connectivity index (χ2v) is 6.02. The fourth-order valence-corrected chi connectivity index (χ4v) is 1.79. The van der Waals surface area contributed by atoms with Gasteiger partial charge in [-0.3, -0.25) is 0 Å². The van der Waals surface area contributed by atoms with E-state index in [-0.39, 0.29) is 0 Å². The molecule has 0 aromatic rings. The number of aliphatic hydroxyl groups excluding tert-OH is 2. The Bertz CT molecular complexity index is 623. The molecule has 1 atom stereocenters. The van der Waals surface area contributed by atoms with Gasteiger partial charge in [0.15, 0.2) is 0 Å². The van der Waals surface area contributed by atoms with Crippen molar-refractivity contribution in [3.63, 3.8) is 0 Å². The Morgan fingerprint density at radius 3 is 1.06 bits per heavy atom. The van der Waals surface area contributed by atoms with Gasteiger partial charge in [-0.1, -0.05) is 0 Å². The van der Waals surface area contributed by atoms with Crippen LogP contribution in [0, 0.1) is 0 Å².